The number of carbonyl (C=O) groups excluding carboxylic acids is 1. The van der Waals surface area contributed by atoms with Crippen molar-refractivity contribution in [3.63, 3.8) is 0 Å². The molecule has 7 heteroatoms. The molecule has 0 radical (unpaired) electrons. The van der Waals surface area contributed by atoms with E-state index in [-0.39, 0.29) is 17.7 Å². The Bertz CT molecular complexity index is 513. The zero-order valence-electron chi connectivity index (χ0n) is 12.9. The van der Waals surface area contributed by atoms with Crippen LogP contribution in [0.3, 0.4) is 0 Å². The number of carboxylic acid groups (broad SMARTS) is 1. The van der Waals surface area contributed by atoms with Crippen molar-refractivity contribution in [3.8, 4) is 0 Å². The third kappa shape index (κ3) is 3.93. The minimum Gasteiger partial charge on any atom is -0.480 e. The normalized spacial score (nSPS) is 17.3. The second kappa shape index (κ2) is 7.20. The maximum atomic E-state index is 12.2. The molecule has 1 fully saturated rings. The van der Waals surface area contributed by atoms with Gasteiger partial charge in [-0.1, -0.05) is 13.8 Å². The average Bonchev–Trinajstić information content (AvgIpc) is 2.52. The van der Waals surface area contributed by atoms with Crippen LogP contribution in [0.2, 0.25) is 0 Å². The number of anilines is 1. The Morgan fingerprint density at radius 2 is 2.00 bits per heavy atom. The highest BCUT2D eigenvalue weighted by atomic mass is 16.4. The van der Waals surface area contributed by atoms with E-state index < -0.39 is 12.0 Å². The molecule has 2 N–H and O–H groups in total. The number of hydrogen-bond acceptors (Lipinski definition) is 5. The molecule has 1 aliphatic heterocycles. The summed E-state index contributed by atoms with van der Waals surface area (Å²) in [5.41, 5.74) is 0. The van der Waals surface area contributed by atoms with Crippen molar-refractivity contribution in [3.05, 3.63) is 18.6 Å². The summed E-state index contributed by atoms with van der Waals surface area (Å²) in [6.45, 7) is 5.01. The fourth-order valence-electron chi connectivity index (χ4n) is 2.61. The summed E-state index contributed by atoms with van der Waals surface area (Å²) in [4.78, 5) is 33.8. The Hall–Kier alpha value is -2.18. The number of nitrogens with zero attached hydrogens (tertiary/aromatic N) is 3. The van der Waals surface area contributed by atoms with Crippen LogP contribution in [0.25, 0.3) is 0 Å². The maximum absolute atomic E-state index is 12.2. The van der Waals surface area contributed by atoms with Crippen LogP contribution in [0.5, 0.6) is 0 Å². The van der Waals surface area contributed by atoms with Gasteiger partial charge in [0.05, 0.1) is 6.20 Å². The molecule has 0 spiro atoms. The van der Waals surface area contributed by atoms with Crippen molar-refractivity contribution in [1.29, 1.82) is 0 Å². The van der Waals surface area contributed by atoms with Gasteiger partial charge in [0.1, 0.15) is 11.9 Å². The smallest absolute Gasteiger partial charge is 0.326 e. The summed E-state index contributed by atoms with van der Waals surface area (Å²) in [5.74, 6) is -0.623. The van der Waals surface area contributed by atoms with Gasteiger partial charge in [-0.15, -0.1) is 0 Å². The van der Waals surface area contributed by atoms with Crippen LogP contribution in [-0.4, -0.2) is 46.1 Å². The van der Waals surface area contributed by atoms with E-state index >= 15 is 0 Å². The summed E-state index contributed by atoms with van der Waals surface area (Å²) in [5, 5.41) is 11.8. The van der Waals surface area contributed by atoms with E-state index in [1.54, 1.807) is 32.4 Å². The minimum atomic E-state index is -0.986. The molecule has 120 valence electrons. The predicted molar refractivity (Wildman–Crippen MR) is 81.4 cm³/mol. The van der Waals surface area contributed by atoms with Gasteiger partial charge in [0.25, 0.3) is 0 Å². The number of aromatic nitrogens is 2. The monoisotopic (exact) mass is 306 g/mol. The minimum absolute atomic E-state index is 0.138. The fraction of sp³-hybridized carbons (Fsp3) is 0.600. The lowest BCUT2D eigenvalue weighted by Crippen LogP contribution is -2.48. The molecule has 0 saturated carbocycles. The van der Waals surface area contributed by atoms with Gasteiger partial charge in [-0.2, -0.15) is 0 Å². The second-order valence-corrected chi connectivity index (χ2v) is 5.89. The highest BCUT2D eigenvalue weighted by molar-refractivity contribution is 5.85. The molecular weight excluding hydrogens is 284 g/mol. The first-order valence-corrected chi connectivity index (χ1v) is 7.53. The van der Waals surface area contributed by atoms with Crippen LogP contribution in [0.1, 0.15) is 26.7 Å². The summed E-state index contributed by atoms with van der Waals surface area (Å²) in [7, 11) is 0. The molecule has 22 heavy (non-hydrogen) atoms. The van der Waals surface area contributed by atoms with Crippen LogP contribution in [0, 0.1) is 11.8 Å². The highest BCUT2D eigenvalue weighted by Gasteiger charge is 2.30. The first-order chi connectivity index (χ1) is 10.5. The Labute approximate surface area is 129 Å². The van der Waals surface area contributed by atoms with E-state index in [4.69, 9.17) is 5.11 Å². The van der Waals surface area contributed by atoms with Crippen LogP contribution in [-0.2, 0) is 9.59 Å². The van der Waals surface area contributed by atoms with Crippen LogP contribution in [0.4, 0.5) is 5.82 Å². The van der Waals surface area contributed by atoms with Gasteiger partial charge in [-0.25, -0.2) is 9.78 Å². The van der Waals surface area contributed by atoms with Gasteiger partial charge in [-0.05, 0) is 18.8 Å². The highest BCUT2D eigenvalue weighted by Crippen LogP contribution is 2.21. The number of amides is 1. The molecule has 1 saturated heterocycles. The molecule has 1 aliphatic rings. The summed E-state index contributed by atoms with van der Waals surface area (Å²) in [6.07, 6.45) is 6.36. The Kier molecular flexibility index (Phi) is 5.30. The zero-order chi connectivity index (χ0) is 16.1. The third-order valence-electron chi connectivity index (χ3n) is 3.97. The topological polar surface area (TPSA) is 95.4 Å². The number of carbonyl (C=O) groups is 2. The van der Waals surface area contributed by atoms with Crippen molar-refractivity contribution >= 4 is 17.7 Å². The molecule has 1 amide bonds. The van der Waals surface area contributed by atoms with Gasteiger partial charge in [0.15, 0.2) is 0 Å². The summed E-state index contributed by atoms with van der Waals surface area (Å²) in [6, 6.07) is -0.828. The van der Waals surface area contributed by atoms with Gasteiger partial charge in [0.2, 0.25) is 5.91 Å². The number of rotatable bonds is 5. The van der Waals surface area contributed by atoms with Crippen LogP contribution in [0.15, 0.2) is 18.6 Å². The van der Waals surface area contributed by atoms with E-state index in [2.05, 4.69) is 20.2 Å². The second-order valence-electron chi connectivity index (χ2n) is 5.89. The van der Waals surface area contributed by atoms with Crippen molar-refractivity contribution in [2.24, 2.45) is 11.8 Å². The average molecular weight is 306 g/mol. The van der Waals surface area contributed by atoms with E-state index in [0.29, 0.717) is 12.8 Å². The SMILES string of the molecule is CC(C)[C@H](NC(=O)C1CCN(c2cnccn2)CC1)C(=O)O. The first kappa shape index (κ1) is 16.2. The molecule has 1 aromatic rings. The van der Waals surface area contributed by atoms with E-state index in [9.17, 15) is 9.59 Å². The van der Waals surface area contributed by atoms with Crippen molar-refractivity contribution in [1.82, 2.24) is 15.3 Å². The largest absolute Gasteiger partial charge is 0.480 e. The number of aliphatic carboxylic acids is 1. The van der Waals surface area contributed by atoms with E-state index in [0.717, 1.165) is 18.9 Å². The van der Waals surface area contributed by atoms with Crippen LogP contribution < -0.4 is 10.2 Å². The molecule has 1 aromatic heterocycles. The quantitative estimate of drug-likeness (QED) is 0.840. The summed E-state index contributed by atoms with van der Waals surface area (Å²) < 4.78 is 0. The molecule has 2 heterocycles. The van der Waals surface area contributed by atoms with Crippen molar-refractivity contribution < 1.29 is 14.7 Å². The lowest BCUT2D eigenvalue weighted by atomic mass is 9.94. The number of nitrogens with one attached hydrogen (secondary N) is 1. The Balaban J connectivity index is 1.88. The van der Waals surface area contributed by atoms with Crippen LogP contribution >= 0.6 is 0 Å². The number of piperidine rings is 1. The number of carboxylic acids is 1. The predicted octanol–water partition coefficient (Wildman–Crippen LogP) is 0.918. The van der Waals surface area contributed by atoms with Gasteiger partial charge in [-0.3, -0.25) is 9.78 Å². The maximum Gasteiger partial charge on any atom is 0.326 e. The molecular formula is C15H22N4O3. The molecule has 0 unspecified atom stereocenters. The first-order valence-electron chi connectivity index (χ1n) is 7.53. The molecule has 0 aliphatic carbocycles. The van der Waals surface area contributed by atoms with E-state index in [1.165, 1.54) is 0 Å². The van der Waals surface area contributed by atoms with Gasteiger partial charge < -0.3 is 15.3 Å². The molecule has 0 aromatic carbocycles. The Morgan fingerprint density at radius 1 is 1.32 bits per heavy atom. The molecule has 2 rings (SSSR count). The molecule has 1 atom stereocenters. The summed E-state index contributed by atoms with van der Waals surface area (Å²) >= 11 is 0. The lowest BCUT2D eigenvalue weighted by molar-refractivity contribution is -0.143. The van der Waals surface area contributed by atoms with Gasteiger partial charge in [0, 0.05) is 31.4 Å². The zero-order valence-corrected chi connectivity index (χ0v) is 12.9. The van der Waals surface area contributed by atoms with Crippen molar-refractivity contribution in [2.75, 3.05) is 18.0 Å². The number of hydrogen-bond donors (Lipinski definition) is 2. The van der Waals surface area contributed by atoms with Crippen molar-refractivity contribution in [2.45, 2.75) is 32.7 Å². The van der Waals surface area contributed by atoms with Gasteiger partial charge >= 0.3 is 5.97 Å². The third-order valence-corrected chi connectivity index (χ3v) is 3.97. The standard InChI is InChI=1S/C15H22N4O3/c1-10(2)13(15(21)22)18-14(20)11-3-7-19(8-4-11)12-9-16-5-6-17-12/h5-6,9-11,13H,3-4,7-8H2,1-2H3,(H,18,20)(H,21,22)/t13-/m0/s1. The van der Waals surface area contributed by atoms with E-state index in [1.807, 2.05) is 0 Å². The Morgan fingerprint density at radius 3 is 2.50 bits per heavy atom. The molecule has 7 nitrogen and oxygen atoms in total. The molecule has 0 bridgehead atoms. The lowest BCUT2D eigenvalue weighted by Gasteiger charge is -2.32. The fourth-order valence-corrected chi connectivity index (χ4v) is 2.61.